The third-order valence-electron chi connectivity index (χ3n) is 3.54. The number of nitrogens with zero attached hydrogens (tertiary/aromatic N) is 1. The molecule has 1 aliphatic rings. The number of hydrogen-bond donors (Lipinski definition) is 2. The number of carbonyl (C=O) groups excluding carboxylic acids is 1. The van der Waals surface area contributed by atoms with Crippen LogP contribution >= 0.6 is 0 Å². The van der Waals surface area contributed by atoms with Crippen molar-refractivity contribution >= 4 is 22.4 Å². The number of nitrogens with one attached hydrogen (secondary N) is 1. The molecule has 3 rings (SSSR count). The zero-order valence-corrected chi connectivity index (χ0v) is 10.5. The van der Waals surface area contributed by atoms with Crippen LogP contribution in [-0.2, 0) is 4.79 Å². The number of anilines is 1. The predicted octanol–water partition coefficient (Wildman–Crippen LogP) is 2.63. The highest BCUT2D eigenvalue weighted by Crippen LogP contribution is 2.21. The van der Waals surface area contributed by atoms with E-state index in [-0.39, 0.29) is 5.91 Å². The number of fused-ring (bicyclic) bond motifs is 1. The average Bonchev–Trinajstić information content (AvgIpc) is 2.85. The molecule has 98 valence electrons. The van der Waals surface area contributed by atoms with Crippen LogP contribution in [0.4, 0.5) is 5.69 Å². The molecule has 4 heteroatoms. The molecule has 0 bridgehead atoms. The molecule has 0 saturated carbocycles. The van der Waals surface area contributed by atoms with E-state index in [0.29, 0.717) is 13.0 Å². The molecule has 0 unspecified atom stereocenters. The third kappa shape index (κ3) is 2.45. The fraction of sp³-hybridized carbons (Fsp3) is 0.267. The highest BCUT2D eigenvalue weighted by molar-refractivity contribution is 5.97. The van der Waals surface area contributed by atoms with Gasteiger partial charge < -0.3 is 10.5 Å². The fourth-order valence-corrected chi connectivity index (χ4v) is 2.51. The van der Waals surface area contributed by atoms with Crippen molar-refractivity contribution in [2.45, 2.75) is 18.9 Å². The monoisotopic (exact) mass is 256 g/mol. The molecule has 1 fully saturated rings. The van der Waals surface area contributed by atoms with Crippen molar-refractivity contribution in [1.82, 2.24) is 5.06 Å². The van der Waals surface area contributed by atoms with Gasteiger partial charge in [0.05, 0.1) is 0 Å². The molecule has 1 atom stereocenters. The minimum Gasteiger partial charge on any atom is -0.325 e. The number of benzene rings is 2. The van der Waals surface area contributed by atoms with Gasteiger partial charge in [-0.1, -0.05) is 30.3 Å². The van der Waals surface area contributed by atoms with Crippen LogP contribution < -0.4 is 5.32 Å². The predicted molar refractivity (Wildman–Crippen MR) is 74.1 cm³/mol. The molecule has 2 aromatic rings. The Morgan fingerprint density at radius 1 is 1.21 bits per heavy atom. The van der Waals surface area contributed by atoms with Gasteiger partial charge in [-0.05, 0) is 35.7 Å². The van der Waals surface area contributed by atoms with Crippen molar-refractivity contribution in [2.24, 2.45) is 0 Å². The lowest BCUT2D eigenvalue weighted by molar-refractivity contribution is -0.140. The molecular formula is C15H16N2O2. The number of hydrogen-bond acceptors (Lipinski definition) is 3. The standard InChI is InChI=1S/C15H16N2O2/c18-15(14-6-3-9-17(14)19)16-13-8-7-11-4-1-2-5-12(11)10-13/h1-2,4-5,7-8,10,14,19H,3,6,9H2,(H,16,18)/t14-/m0/s1. The number of amides is 1. The maximum Gasteiger partial charge on any atom is 0.244 e. The van der Waals surface area contributed by atoms with Gasteiger partial charge in [0.15, 0.2) is 0 Å². The van der Waals surface area contributed by atoms with E-state index in [0.717, 1.165) is 27.9 Å². The molecular weight excluding hydrogens is 240 g/mol. The summed E-state index contributed by atoms with van der Waals surface area (Å²) in [5.41, 5.74) is 0.768. The molecule has 1 saturated heterocycles. The first-order valence-electron chi connectivity index (χ1n) is 6.49. The maximum absolute atomic E-state index is 12.0. The summed E-state index contributed by atoms with van der Waals surface area (Å²) in [6, 6.07) is 13.4. The number of carbonyl (C=O) groups is 1. The van der Waals surface area contributed by atoms with Crippen molar-refractivity contribution in [3.8, 4) is 0 Å². The Labute approximate surface area is 111 Å². The molecule has 1 aliphatic heterocycles. The van der Waals surface area contributed by atoms with Gasteiger partial charge in [-0.3, -0.25) is 4.79 Å². The van der Waals surface area contributed by atoms with E-state index < -0.39 is 6.04 Å². The molecule has 0 aromatic heterocycles. The van der Waals surface area contributed by atoms with Gasteiger partial charge in [-0.15, -0.1) is 0 Å². The SMILES string of the molecule is O=C(Nc1ccc2ccccc2c1)[C@@H]1CCCN1O. The van der Waals surface area contributed by atoms with Crippen LogP contribution in [0.15, 0.2) is 42.5 Å². The second kappa shape index (κ2) is 4.99. The van der Waals surface area contributed by atoms with Crippen LogP contribution in [0, 0.1) is 0 Å². The molecule has 2 N–H and O–H groups in total. The van der Waals surface area contributed by atoms with E-state index in [1.165, 1.54) is 0 Å². The van der Waals surface area contributed by atoms with E-state index in [9.17, 15) is 10.0 Å². The Bertz CT molecular complexity index is 612. The van der Waals surface area contributed by atoms with Crippen LogP contribution in [0.1, 0.15) is 12.8 Å². The van der Waals surface area contributed by atoms with Gasteiger partial charge in [-0.25, -0.2) is 0 Å². The Morgan fingerprint density at radius 3 is 2.74 bits per heavy atom. The van der Waals surface area contributed by atoms with E-state index >= 15 is 0 Å². The normalized spacial score (nSPS) is 19.7. The smallest absolute Gasteiger partial charge is 0.244 e. The summed E-state index contributed by atoms with van der Waals surface area (Å²) in [5.74, 6) is -0.143. The Balaban J connectivity index is 1.79. The largest absolute Gasteiger partial charge is 0.325 e. The second-order valence-corrected chi connectivity index (χ2v) is 4.87. The lowest BCUT2D eigenvalue weighted by Crippen LogP contribution is -2.37. The van der Waals surface area contributed by atoms with Crippen LogP contribution in [0.25, 0.3) is 10.8 Å². The van der Waals surface area contributed by atoms with Gasteiger partial charge in [-0.2, -0.15) is 5.06 Å². The first-order valence-corrected chi connectivity index (χ1v) is 6.49. The van der Waals surface area contributed by atoms with Gasteiger partial charge in [0, 0.05) is 12.2 Å². The topological polar surface area (TPSA) is 52.6 Å². The van der Waals surface area contributed by atoms with E-state index in [1.807, 2.05) is 42.5 Å². The first-order chi connectivity index (χ1) is 9.24. The van der Waals surface area contributed by atoms with Crippen LogP contribution in [0.2, 0.25) is 0 Å². The van der Waals surface area contributed by atoms with Gasteiger partial charge >= 0.3 is 0 Å². The Morgan fingerprint density at radius 2 is 2.00 bits per heavy atom. The molecule has 1 heterocycles. The lowest BCUT2D eigenvalue weighted by Gasteiger charge is -2.17. The van der Waals surface area contributed by atoms with Crippen molar-refractivity contribution in [2.75, 3.05) is 11.9 Å². The molecule has 0 spiro atoms. The summed E-state index contributed by atoms with van der Waals surface area (Å²) < 4.78 is 0. The lowest BCUT2D eigenvalue weighted by atomic mass is 10.1. The summed E-state index contributed by atoms with van der Waals surface area (Å²) in [6.07, 6.45) is 1.56. The quantitative estimate of drug-likeness (QED) is 0.868. The summed E-state index contributed by atoms with van der Waals surface area (Å²) in [4.78, 5) is 12.0. The van der Waals surface area contributed by atoms with Crippen molar-refractivity contribution in [3.63, 3.8) is 0 Å². The van der Waals surface area contributed by atoms with Gasteiger partial charge in [0.25, 0.3) is 0 Å². The van der Waals surface area contributed by atoms with Crippen molar-refractivity contribution < 1.29 is 10.0 Å². The Kier molecular flexibility index (Phi) is 3.19. The van der Waals surface area contributed by atoms with Crippen molar-refractivity contribution in [3.05, 3.63) is 42.5 Å². The molecule has 4 nitrogen and oxygen atoms in total. The first kappa shape index (κ1) is 12.1. The average molecular weight is 256 g/mol. The molecule has 19 heavy (non-hydrogen) atoms. The van der Waals surface area contributed by atoms with E-state index in [4.69, 9.17) is 0 Å². The summed E-state index contributed by atoms with van der Waals surface area (Å²) in [7, 11) is 0. The number of rotatable bonds is 2. The minimum absolute atomic E-state index is 0.143. The van der Waals surface area contributed by atoms with Crippen LogP contribution in [0.5, 0.6) is 0 Å². The highest BCUT2D eigenvalue weighted by atomic mass is 16.5. The zero-order valence-electron chi connectivity index (χ0n) is 10.5. The second-order valence-electron chi connectivity index (χ2n) is 4.87. The fourth-order valence-electron chi connectivity index (χ4n) is 2.51. The molecule has 1 amide bonds. The summed E-state index contributed by atoms with van der Waals surface area (Å²) in [6.45, 7) is 0.565. The zero-order chi connectivity index (χ0) is 13.2. The molecule has 2 aromatic carbocycles. The van der Waals surface area contributed by atoms with Crippen molar-refractivity contribution in [1.29, 1.82) is 0 Å². The van der Waals surface area contributed by atoms with Crippen LogP contribution in [-0.4, -0.2) is 28.8 Å². The van der Waals surface area contributed by atoms with E-state index in [2.05, 4.69) is 5.32 Å². The van der Waals surface area contributed by atoms with Gasteiger partial charge in [0.2, 0.25) is 5.91 Å². The number of hydroxylamine groups is 2. The third-order valence-corrected chi connectivity index (χ3v) is 3.54. The molecule has 0 aliphatic carbocycles. The minimum atomic E-state index is -0.425. The molecule has 0 radical (unpaired) electrons. The van der Waals surface area contributed by atoms with Gasteiger partial charge in [0.1, 0.15) is 6.04 Å². The summed E-state index contributed by atoms with van der Waals surface area (Å²) >= 11 is 0. The highest BCUT2D eigenvalue weighted by Gasteiger charge is 2.29. The Hall–Kier alpha value is -1.91. The summed E-state index contributed by atoms with van der Waals surface area (Å²) in [5, 5.41) is 15.8. The maximum atomic E-state index is 12.0. The van der Waals surface area contributed by atoms with E-state index in [1.54, 1.807) is 0 Å². The van der Waals surface area contributed by atoms with Crippen LogP contribution in [0.3, 0.4) is 0 Å².